The maximum Gasteiger partial charge on any atom is 0.278 e. The van der Waals surface area contributed by atoms with Gasteiger partial charge in [0, 0.05) is 37.3 Å². The second-order valence-electron chi connectivity index (χ2n) is 5.13. The fourth-order valence-corrected chi connectivity index (χ4v) is 2.68. The highest BCUT2D eigenvalue weighted by atomic mass is 79.9. The SMILES string of the molecule is CN(C)C=NC(=O)c1cc(Br)ccc1C1CCOCC1. The van der Waals surface area contributed by atoms with Crippen molar-refractivity contribution in [3.05, 3.63) is 33.8 Å². The first-order chi connectivity index (χ1) is 9.58. The van der Waals surface area contributed by atoms with Gasteiger partial charge in [0.1, 0.15) is 0 Å². The molecule has 0 saturated carbocycles. The average molecular weight is 339 g/mol. The Bertz CT molecular complexity index is 509. The Morgan fingerprint density at radius 3 is 2.75 bits per heavy atom. The molecular weight excluding hydrogens is 320 g/mol. The van der Waals surface area contributed by atoms with Crippen LogP contribution in [0, 0.1) is 0 Å². The molecule has 2 rings (SSSR count). The minimum atomic E-state index is -0.193. The first-order valence-corrected chi connectivity index (χ1v) is 7.49. The summed E-state index contributed by atoms with van der Waals surface area (Å²) in [6.45, 7) is 1.52. The summed E-state index contributed by atoms with van der Waals surface area (Å²) in [4.78, 5) is 18.0. The number of benzene rings is 1. The van der Waals surface area contributed by atoms with E-state index in [1.807, 2.05) is 32.3 Å². The lowest BCUT2D eigenvalue weighted by atomic mass is 9.88. The molecule has 4 nitrogen and oxygen atoms in total. The maximum absolute atomic E-state index is 12.3. The van der Waals surface area contributed by atoms with Crippen LogP contribution < -0.4 is 0 Å². The number of nitrogens with zero attached hydrogens (tertiary/aromatic N) is 2. The van der Waals surface area contributed by atoms with Crippen molar-refractivity contribution in [2.75, 3.05) is 27.3 Å². The fraction of sp³-hybridized carbons (Fsp3) is 0.467. The number of carbonyl (C=O) groups is 1. The van der Waals surface area contributed by atoms with Gasteiger partial charge in [-0.15, -0.1) is 0 Å². The zero-order valence-corrected chi connectivity index (χ0v) is 13.4. The van der Waals surface area contributed by atoms with Crippen LogP contribution in [0.3, 0.4) is 0 Å². The van der Waals surface area contributed by atoms with E-state index in [-0.39, 0.29) is 5.91 Å². The van der Waals surface area contributed by atoms with Crippen LogP contribution in [0.4, 0.5) is 0 Å². The van der Waals surface area contributed by atoms with E-state index in [9.17, 15) is 4.79 Å². The normalized spacial score (nSPS) is 16.6. The molecule has 1 aliphatic rings. The van der Waals surface area contributed by atoms with Crippen molar-refractivity contribution in [2.45, 2.75) is 18.8 Å². The number of amides is 1. The number of aliphatic imine (C=N–C) groups is 1. The van der Waals surface area contributed by atoms with Crippen molar-refractivity contribution in [3.63, 3.8) is 0 Å². The third-order valence-corrected chi connectivity index (χ3v) is 3.81. The third-order valence-electron chi connectivity index (χ3n) is 3.31. The quantitative estimate of drug-likeness (QED) is 0.628. The van der Waals surface area contributed by atoms with Gasteiger partial charge in [0.25, 0.3) is 5.91 Å². The Kier molecular flexibility index (Phi) is 5.31. The molecule has 20 heavy (non-hydrogen) atoms. The number of ether oxygens (including phenoxy) is 1. The maximum atomic E-state index is 12.3. The molecule has 0 radical (unpaired) electrons. The Labute approximate surface area is 128 Å². The van der Waals surface area contributed by atoms with Gasteiger partial charge in [-0.1, -0.05) is 22.0 Å². The predicted molar refractivity (Wildman–Crippen MR) is 83.4 cm³/mol. The van der Waals surface area contributed by atoms with Gasteiger partial charge in [-0.3, -0.25) is 4.79 Å². The van der Waals surface area contributed by atoms with Crippen LogP contribution in [0.15, 0.2) is 27.7 Å². The summed E-state index contributed by atoms with van der Waals surface area (Å²) in [5.74, 6) is 0.187. The second-order valence-corrected chi connectivity index (χ2v) is 6.05. The minimum absolute atomic E-state index is 0.193. The van der Waals surface area contributed by atoms with Crippen molar-refractivity contribution in [1.29, 1.82) is 0 Å². The average Bonchev–Trinajstić information content (AvgIpc) is 2.45. The Hall–Kier alpha value is -1.20. The number of rotatable bonds is 3. The summed E-state index contributed by atoms with van der Waals surface area (Å²) < 4.78 is 6.29. The first kappa shape index (κ1) is 15.2. The first-order valence-electron chi connectivity index (χ1n) is 6.70. The third kappa shape index (κ3) is 3.90. The van der Waals surface area contributed by atoms with Crippen LogP contribution in [0.2, 0.25) is 0 Å². The summed E-state index contributed by atoms with van der Waals surface area (Å²) in [6.07, 6.45) is 3.45. The van der Waals surface area contributed by atoms with Gasteiger partial charge in [0.15, 0.2) is 0 Å². The van der Waals surface area contributed by atoms with E-state index in [1.54, 1.807) is 4.90 Å². The van der Waals surface area contributed by atoms with Gasteiger partial charge in [0.05, 0.1) is 6.34 Å². The lowest BCUT2D eigenvalue weighted by Crippen LogP contribution is -2.17. The van der Waals surface area contributed by atoms with Gasteiger partial charge in [-0.25, -0.2) is 0 Å². The summed E-state index contributed by atoms with van der Waals surface area (Å²) >= 11 is 3.43. The summed E-state index contributed by atoms with van der Waals surface area (Å²) in [7, 11) is 3.69. The van der Waals surface area contributed by atoms with Crippen LogP contribution in [-0.4, -0.2) is 44.5 Å². The lowest BCUT2D eigenvalue weighted by molar-refractivity contribution is 0.0845. The molecule has 0 bridgehead atoms. The lowest BCUT2D eigenvalue weighted by Gasteiger charge is -2.24. The fourth-order valence-electron chi connectivity index (χ4n) is 2.32. The largest absolute Gasteiger partial charge is 0.381 e. The predicted octanol–water partition coefficient (Wildman–Crippen LogP) is 3.07. The van der Waals surface area contributed by atoms with Crippen LogP contribution in [-0.2, 0) is 4.74 Å². The van der Waals surface area contributed by atoms with Crippen molar-refractivity contribution in [2.24, 2.45) is 4.99 Å². The van der Waals surface area contributed by atoms with Crippen LogP contribution in [0.25, 0.3) is 0 Å². The van der Waals surface area contributed by atoms with Crippen molar-refractivity contribution in [3.8, 4) is 0 Å². The molecule has 1 amide bonds. The zero-order chi connectivity index (χ0) is 14.5. The minimum Gasteiger partial charge on any atom is -0.381 e. The topological polar surface area (TPSA) is 41.9 Å². The van der Waals surface area contributed by atoms with Gasteiger partial charge < -0.3 is 9.64 Å². The summed E-state index contributed by atoms with van der Waals surface area (Å²) in [5.41, 5.74) is 1.77. The molecule has 1 aromatic carbocycles. The standard InChI is InChI=1S/C15H19BrN2O2/c1-18(2)10-17-15(19)14-9-12(16)3-4-13(14)11-5-7-20-8-6-11/h3-4,9-11H,5-8H2,1-2H3. The van der Waals surface area contributed by atoms with Crippen LogP contribution >= 0.6 is 15.9 Å². The van der Waals surface area contributed by atoms with E-state index < -0.39 is 0 Å². The number of hydrogen-bond acceptors (Lipinski definition) is 2. The van der Waals surface area contributed by atoms with E-state index >= 15 is 0 Å². The van der Waals surface area contributed by atoms with Crippen molar-refractivity contribution < 1.29 is 9.53 Å². The Balaban J connectivity index is 2.30. The van der Waals surface area contributed by atoms with Crippen LogP contribution in [0.1, 0.15) is 34.7 Å². The molecule has 0 aromatic heterocycles. The molecule has 1 aromatic rings. The highest BCUT2D eigenvalue weighted by Crippen LogP contribution is 2.31. The molecule has 1 saturated heterocycles. The van der Waals surface area contributed by atoms with Gasteiger partial charge in [0.2, 0.25) is 0 Å². The molecule has 0 aliphatic carbocycles. The molecule has 0 unspecified atom stereocenters. The molecule has 1 aliphatic heterocycles. The second kappa shape index (κ2) is 6.99. The van der Waals surface area contributed by atoms with Crippen molar-refractivity contribution >= 4 is 28.2 Å². The van der Waals surface area contributed by atoms with E-state index in [0.717, 1.165) is 36.1 Å². The molecule has 0 N–H and O–H groups in total. The Morgan fingerprint density at radius 2 is 2.10 bits per heavy atom. The van der Waals surface area contributed by atoms with E-state index in [0.29, 0.717) is 11.5 Å². The number of carbonyl (C=O) groups excluding carboxylic acids is 1. The van der Waals surface area contributed by atoms with E-state index in [2.05, 4.69) is 20.9 Å². The van der Waals surface area contributed by atoms with Gasteiger partial charge in [-0.05, 0) is 36.5 Å². The molecule has 0 spiro atoms. The molecule has 1 fully saturated rings. The van der Waals surface area contributed by atoms with Crippen molar-refractivity contribution in [1.82, 2.24) is 4.90 Å². The Morgan fingerprint density at radius 1 is 1.40 bits per heavy atom. The molecule has 1 heterocycles. The molecule has 5 heteroatoms. The van der Waals surface area contributed by atoms with Gasteiger partial charge in [-0.2, -0.15) is 4.99 Å². The van der Waals surface area contributed by atoms with E-state index in [1.165, 1.54) is 6.34 Å². The highest BCUT2D eigenvalue weighted by Gasteiger charge is 2.21. The summed E-state index contributed by atoms with van der Waals surface area (Å²) in [5, 5.41) is 0. The van der Waals surface area contributed by atoms with E-state index in [4.69, 9.17) is 4.74 Å². The smallest absolute Gasteiger partial charge is 0.278 e. The van der Waals surface area contributed by atoms with Gasteiger partial charge >= 0.3 is 0 Å². The zero-order valence-electron chi connectivity index (χ0n) is 11.8. The summed E-state index contributed by atoms with van der Waals surface area (Å²) in [6, 6.07) is 5.87. The monoisotopic (exact) mass is 338 g/mol. The molecular formula is C15H19BrN2O2. The number of halogens is 1. The molecule has 0 atom stereocenters. The van der Waals surface area contributed by atoms with Crippen LogP contribution in [0.5, 0.6) is 0 Å². The highest BCUT2D eigenvalue weighted by molar-refractivity contribution is 9.10. The molecule has 108 valence electrons. The number of hydrogen-bond donors (Lipinski definition) is 0.